The highest BCUT2D eigenvalue weighted by Gasteiger charge is 2.24. The van der Waals surface area contributed by atoms with Crippen molar-refractivity contribution < 1.29 is 18.0 Å². The molecule has 2 aromatic carbocycles. The van der Waals surface area contributed by atoms with E-state index in [-0.39, 0.29) is 11.4 Å². The number of hydrogen-bond donors (Lipinski definition) is 1. The topological polar surface area (TPSA) is 63.1 Å². The summed E-state index contributed by atoms with van der Waals surface area (Å²) >= 11 is 0. The quantitative estimate of drug-likeness (QED) is 0.677. The van der Waals surface area contributed by atoms with Crippen LogP contribution in [0.2, 0.25) is 0 Å². The van der Waals surface area contributed by atoms with Crippen LogP contribution in [0.25, 0.3) is 0 Å². The number of carbonyl (C=O) groups is 1. The lowest BCUT2D eigenvalue weighted by Gasteiger charge is -2.20. The molecule has 4 rings (SSSR count). The van der Waals surface area contributed by atoms with Crippen LogP contribution in [0.1, 0.15) is 40.5 Å². The van der Waals surface area contributed by atoms with Crippen molar-refractivity contribution in [2.24, 2.45) is 0 Å². The summed E-state index contributed by atoms with van der Waals surface area (Å²) in [6.07, 6.45) is 0.674. The van der Waals surface area contributed by atoms with Gasteiger partial charge in [0.05, 0.1) is 11.6 Å². The Hall–Kier alpha value is -3.20. The van der Waals surface area contributed by atoms with Gasteiger partial charge in [-0.15, -0.1) is 10.2 Å². The molecule has 0 saturated carbocycles. The molecule has 3 aromatic rings. The molecule has 1 amide bonds. The molecule has 2 heterocycles. The van der Waals surface area contributed by atoms with Gasteiger partial charge < -0.3 is 9.88 Å². The zero-order chi connectivity index (χ0) is 22.0. The zero-order valence-electron chi connectivity index (χ0n) is 17.0. The first-order valence-electron chi connectivity index (χ1n) is 10.1. The van der Waals surface area contributed by atoms with Gasteiger partial charge in [0.1, 0.15) is 23.3 Å². The van der Waals surface area contributed by atoms with Crippen molar-refractivity contribution in [2.75, 3.05) is 13.1 Å². The Morgan fingerprint density at radius 1 is 1.03 bits per heavy atom. The van der Waals surface area contributed by atoms with Crippen molar-refractivity contribution in [3.8, 4) is 0 Å². The number of aromatic nitrogens is 3. The lowest BCUT2D eigenvalue weighted by Crippen LogP contribution is -2.30. The molecule has 1 aliphatic heterocycles. The summed E-state index contributed by atoms with van der Waals surface area (Å²) in [6, 6.07) is 8.66. The number of rotatable bonds is 5. The van der Waals surface area contributed by atoms with E-state index in [1.807, 2.05) is 4.57 Å². The van der Waals surface area contributed by atoms with Crippen LogP contribution in [0.5, 0.6) is 0 Å². The second-order valence-corrected chi connectivity index (χ2v) is 7.60. The van der Waals surface area contributed by atoms with Gasteiger partial charge in [0, 0.05) is 32.6 Å². The van der Waals surface area contributed by atoms with Crippen molar-refractivity contribution in [2.45, 2.75) is 32.5 Å². The number of hydrogen-bond acceptors (Lipinski definition) is 4. The van der Waals surface area contributed by atoms with Gasteiger partial charge in [0.15, 0.2) is 5.82 Å². The van der Waals surface area contributed by atoms with Crippen LogP contribution >= 0.6 is 0 Å². The van der Waals surface area contributed by atoms with Crippen molar-refractivity contribution in [1.82, 2.24) is 25.0 Å². The summed E-state index contributed by atoms with van der Waals surface area (Å²) in [5.41, 5.74) is 0.671. The number of carbonyl (C=O) groups excluding carboxylic acids is 1. The molecule has 1 N–H and O–H groups in total. The third-order valence-electron chi connectivity index (χ3n) is 5.37. The largest absolute Gasteiger partial charge is 0.342 e. The lowest BCUT2D eigenvalue weighted by molar-refractivity contribution is 0.0933. The van der Waals surface area contributed by atoms with Crippen LogP contribution in [0, 0.1) is 17.5 Å². The van der Waals surface area contributed by atoms with E-state index < -0.39 is 23.6 Å². The molecule has 0 spiro atoms. The molecule has 6 nitrogen and oxygen atoms in total. The van der Waals surface area contributed by atoms with Gasteiger partial charge in [-0.1, -0.05) is 12.1 Å². The third kappa shape index (κ3) is 4.77. The second-order valence-electron chi connectivity index (χ2n) is 7.60. The van der Waals surface area contributed by atoms with Crippen LogP contribution < -0.4 is 5.32 Å². The van der Waals surface area contributed by atoms with E-state index in [0.29, 0.717) is 25.3 Å². The Morgan fingerprint density at radius 3 is 2.55 bits per heavy atom. The molecule has 1 aromatic heterocycles. The molecule has 0 unspecified atom stereocenters. The fraction of sp³-hybridized carbons (Fsp3) is 0.318. The van der Waals surface area contributed by atoms with Gasteiger partial charge >= 0.3 is 0 Å². The van der Waals surface area contributed by atoms with Gasteiger partial charge in [0.25, 0.3) is 5.91 Å². The highest BCUT2D eigenvalue weighted by Crippen LogP contribution is 2.18. The van der Waals surface area contributed by atoms with E-state index in [0.717, 1.165) is 42.7 Å². The van der Waals surface area contributed by atoms with Crippen molar-refractivity contribution in [3.63, 3.8) is 0 Å². The Balaban J connectivity index is 1.43. The molecular weight excluding hydrogens is 407 g/mol. The van der Waals surface area contributed by atoms with Gasteiger partial charge in [-0.2, -0.15) is 0 Å². The molecule has 31 heavy (non-hydrogen) atoms. The fourth-order valence-electron chi connectivity index (χ4n) is 3.73. The van der Waals surface area contributed by atoms with Gasteiger partial charge in [-0.25, -0.2) is 13.2 Å². The summed E-state index contributed by atoms with van der Waals surface area (Å²) < 4.78 is 42.4. The maximum absolute atomic E-state index is 13.9. The Morgan fingerprint density at radius 2 is 1.77 bits per heavy atom. The number of nitrogens with one attached hydrogen (secondary N) is 1. The van der Waals surface area contributed by atoms with E-state index in [1.165, 1.54) is 12.1 Å². The van der Waals surface area contributed by atoms with Crippen LogP contribution in [-0.4, -0.2) is 38.7 Å². The molecular formula is C22H22F3N5O. The molecule has 9 heteroatoms. The first kappa shape index (κ1) is 21.0. The molecule has 1 atom stereocenters. The van der Waals surface area contributed by atoms with Gasteiger partial charge in [0.2, 0.25) is 0 Å². The Bertz CT molecular complexity index is 1080. The lowest BCUT2D eigenvalue weighted by atomic mass is 10.1. The van der Waals surface area contributed by atoms with E-state index in [4.69, 9.17) is 0 Å². The van der Waals surface area contributed by atoms with Crippen molar-refractivity contribution >= 4 is 5.91 Å². The highest BCUT2D eigenvalue weighted by molar-refractivity contribution is 5.94. The Labute approximate surface area is 177 Å². The zero-order valence-corrected chi connectivity index (χ0v) is 17.0. The SMILES string of the molecule is C[C@@H](NC(=O)c1cc(F)ccc1F)c1nnc2n1CCN(Cc1ccc(F)cc1)CC2. The van der Waals surface area contributed by atoms with Gasteiger partial charge in [-0.05, 0) is 42.8 Å². The summed E-state index contributed by atoms with van der Waals surface area (Å²) in [6.45, 7) is 4.54. The van der Waals surface area contributed by atoms with Crippen molar-refractivity contribution in [3.05, 3.63) is 82.7 Å². The number of benzene rings is 2. The van der Waals surface area contributed by atoms with E-state index >= 15 is 0 Å². The standard InChI is InChI=1S/C22H22F3N5O/c1-14(26-22(31)18-12-17(24)6-7-19(18)25)21-28-27-20-8-9-29(10-11-30(20)21)13-15-2-4-16(23)5-3-15/h2-7,12,14H,8-11,13H2,1H3,(H,26,31)/t14-/m1/s1. The van der Waals surface area contributed by atoms with Gasteiger partial charge in [-0.3, -0.25) is 9.69 Å². The molecule has 0 fully saturated rings. The maximum Gasteiger partial charge on any atom is 0.254 e. The third-order valence-corrected chi connectivity index (χ3v) is 5.37. The fourth-order valence-corrected chi connectivity index (χ4v) is 3.73. The first-order chi connectivity index (χ1) is 14.9. The normalized spacial score (nSPS) is 15.2. The predicted molar refractivity (Wildman–Crippen MR) is 108 cm³/mol. The minimum atomic E-state index is -0.789. The summed E-state index contributed by atoms with van der Waals surface area (Å²) in [5.74, 6) is -1.09. The highest BCUT2D eigenvalue weighted by atomic mass is 19.1. The first-order valence-corrected chi connectivity index (χ1v) is 10.1. The number of amides is 1. The number of fused-ring (bicyclic) bond motifs is 1. The van der Waals surface area contributed by atoms with Crippen LogP contribution in [0.3, 0.4) is 0 Å². The molecule has 0 radical (unpaired) electrons. The smallest absolute Gasteiger partial charge is 0.254 e. The van der Waals surface area contributed by atoms with E-state index in [2.05, 4.69) is 20.4 Å². The second kappa shape index (κ2) is 8.89. The summed E-state index contributed by atoms with van der Waals surface area (Å²) in [4.78, 5) is 14.7. The molecule has 162 valence electrons. The molecule has 0 bridgehead atoms. The summed E-state index contributed by atoms with van der Waals surface area (Å²) in [7, 11) is 0. The number of nitrogens with zero attached hydrogens (tertiary/aromatic N) is 4. The Kier molecular flexibility index (Phi) is 6.03. The minimum absolute atomic E-state index is 0.260. The maximum atomic E-state index is 13.9. The average Bonchev–Trinajstić information content (AvgIpc) is 3.06. The van der Waals surface area contributed by atoms with Crippen LogP contribution in [-0.2, 0) is 19.5 Å². The molecule has 0 aliphatic carbocycles. The summed E-state index contributed by atoms with van der Waals surface area (Å²) in [5, 5.41) is 11.1. The van der Waals surface area contributed by atoms with Crippen LogP contribution in [0.4, 0.5) is 13.2 Å². The molecule has 1 aliphatic rings. The monoisotopic (exact) mass is 429 g/mol. The average molecular weight is 429 g/mol. The van der Waals surface area contributed by atoms with E-state index in [9.17, 15) is 18.0 Å². The van der Waals surface area contributed by atoms with Crippen LogP contribution in [0.15, 0.2) is 42.5 Å². The molecule has 0 saturated heterocycles. The minimum Gasteiger partial charge on any atom is -0.342 e. The number of halogens is 3. The predicted octanol–water partition coefficient (Wildman–Crippen LogP) is 3.24. The van der Waals surface area contributed by atoms with Crippen molar-refractivity contribution in [1.29, 1.82) is 0 Å². The van der Waals surface area contributed by atoms with E-state index in [1.54, 1.807) is 19.1 Å².